The molecule has 12 heteroatoms. The summed E-state index contributed by atoms with van der Waals surface area (Å²) in [5.41, 5.74) is 2.79. The Balaban J connectivity index is 1.45. The third-order valence-corrected chi connectivity index (χ3v) is 6.28. The minimum absolute atomic E-state index is 0.127. The summed E-state index contributed by atoms with van der Waals surface area (Å²) in [6.07, 6.45) is 3.24. The summed E-state index contributed by atoms with van der Waals surface area (Å²) in [6, 6.07) is 3.69. The van der Waals surface area contributed by atoms with E-state index >= 15 is 0 Å². The van der Waals surface area contributed by atoms with E-state index in [0.29, 0.717) is 54.1 Å². The van der Waals surface area contributed by atoms with Crippen LogP contribution in [-0.2, 0) is 23.1 Å². The van der Waals surface area contributed by atoms with Crippen LogP contribution in [0, 0.1) is 12.8 Å². The van der Waals surface area contributed by atoms with Gasteiger partial charge in [-0.15, -0.1) is 5.10 Å². The Morgan fingerprint density at radius 1 is 1.34 bits per heavy atom. The van der Waals surface area contributed by atoms with Crippen LogP contribution in [0.2, 0.25) is 0 Å². The van der Waals surface area contributed by atoms with Crippen molar-refractivity contribution in [2.24, 2.45) is 13.0 Å². The first-order valence-electron chi connectivity index (χ1n) is 11.8. The molecule has 1 unspecified atom stereocenters. The highest BCUT2D eigenvalue weighted by atomic mass is 16.5. The highest BCUT2D eigenvalue weighted by molar-refractivity contribution is 5.70. The molecule has 35 heavy (non-hydrogen) atoms. The van der Waals surface area contributed by atoms with Crippen LogP contribution in [0.4, 0.5) is 5.95 Å². The second kappa shape index (κ2) is 10.8. The van der Waals surface area contributed by atoms with E-state index in [-0.39, 0.29) is 18.1 Å². The smallest absolute Gasteiger partial charge is 0.306 e. The Labute approximate surface area is 203 Å². The van der Waals surface area contributed by atoms with Gasteiger partial charge in [-0.1, -0.05) is 12.1 Å². The van der Waals surface area contributed by atoms with Crippen LogP contribution >= 0.6 is 0 Å². The fraction of sp³-hybridized carbons (Fsp3) is 0.565. The topological polar surface area (TPSA) is 150 Å². The number of carbonyl (C=O) groups is 1. The number of rotatable bonds is 10. The third-order valence-electron chi connectivity index (χ3n) is 6.28. The number of anilines is 1. The van der Waals surface area contributed by atoms with Crippen molar-refractivity contribution in [2.75, 3.05) is 12.4 Å². The summed E-state index contributed by atoms with van der Waals surface area (Å²) in [5, 5.41) is 24.9. The minimum Gasteiger partial charge on any atom is -0.489 e. The number of nitrogens with zero attached hydrogens (tertiary/aromatic N) is 6. The number of hydrogen-bond donors (Lipinski definition) is 2. The number of carboxylic acids is 1. The lowest BCUT2D eigenvalue weighted by molar-refractivity contribution is -0.143. The maximum Gasteiger partial charge on any atom is 0.306 e. The number of carboxylic acid groups (broad SMARTS) is 1. The van der Waals surface area contributed by atoms with E-state index in [1.807, 2.05) is 26.0 Å². The Hall–Kier alpha value is -3.54. The molecule has 1 aliphatic rings. The number of ether oxygens (including phenoxy) is 2. The molecule has 3 atom stereocenters. The van der Waals surface area contributed by atoms with Gasteiger partial charge < -0.3 is 24.4 Å². The van der Waals surface area contributed by atoms with Crippen LogP contribution in [0.5, 0.6) is 5.75 Å². The zero-order valence-corrected chi connectivity index (χ0v) is 20.4. The molecule has 4 rings (SSSR count). The molecule has 0 amide bonds. The van der Waals surface area contributed by atoms with Gasteiger partial charge in [-0.2, -0.15) is 4.98 Å². The summed E-state index contributed by atoms with van der Waals surface area (Å²) in [7, 11) is 3.41. The molecular weight excluding hydrogens is 454 g/mol. The summed E-state index contributed by atoms with van der Waals surface area (Å²) >= 11 is 0. The van der Waals surface area contributed by atoms with E-state index in [2.05, 4.69) is 25.8 Å². The van der Waals surface area contributed by atoms with E-state index in [0.717, 1.165) is 25.0 Å². The van der Waals surface area contributed by atoms with Crippen LogP contribution in [-0.4, -0.2) is 54.4 Å². The van der Waals surface area contributed by atoms with Crippen molar-refractivity contribution in [3.05, 3.63) is 29.4 Å². The predicted molar refractivity (Wildman–Crippen MR) is 125 cm³/mol. The second-order valence-corrected chi connectivity index (χ2v) is 8.67. The van der Waals surface area contributed by atoms with E-state index in [9.17, 15) is 9.90 Å². The van der Waals surface area contributed by atoms with Crippen LogP contribution in [0.3, 0.4) is 0 Å². The lowest BCUT2D eigenvalue weighted by Crippen LogP contribution is -2.29. The van der Waals surface area contributed by atoms with Crippen molar-refractivity contribution in [3.63, 3.8) is 0 Å². The van der Waals surface area contributed by atoms with Crippen LogP contribution in [0.1, 0.15) is 62.4 Å². The van der Waals surface area contributed by atoms with E-state index in [1.54, 1.807) is 18.8 Å². The van der Waals surface area contributed by atoms with Crippen molar-refractivity contribution in [1.29, 1.82) is 0 Å². The first-order valence-corrected chi connectivity index (χ1v) is 11.8. The van der Waals surface area contributed by atoms with Crippen molar-refractivity contribution < 1.29 is 23.9 Å². The number of hydrogen-bond acceptors (Lipinski definition) is 10. The molecule has 2 N–H and O–H groups in total. The van der Waals surface area contributed by atoms with Crippen LogP contribution in [0.15, 0.2) is 16.7 Å². The zero-order chi connectivity index (χ0) is 24.9. The molecule has 0 bridgehead atoms. The summed E-state index contributed by atoms with van der Waals surface area (Å²) in [6.45, 7) is 4.21. The number of aromatic nitrogens is 6. The van der Waals surface area contributed by atoms with Gasteiger partial charge in [-0.05, 0) is 56.3 Å². The Morgan fingerprint density at radius 3 is 2.89 bits per heavy atom. The third kappa shape index (κ3) is 5.59. The SMILES string of the molecule is CCC(OC)c1nc(NCc2c(-c3ccc(O[C@H]4CCC[C@H](C(=O)O)C4)c(C)n3)nnn2C)no1. The van der Waals surface area contributed by atoms with Crippen molar-refractivity contribution in [2.45, 2.75) is 64.7 Å². The van der Waals surface area contributed by atoms with E-state index < -0.39 is 5.97 Å². The highest BCUT2D eigenvalue weighted by Gasteiger charge is 2.28. The van der Waals surface area contributed by atoms with Crippen molar-refractivity contribution >= 4 is 11.9 Å². The standard InChI is InChI=1S/C23H31N7O5/c1-5-18(33-4)21-26-23(28-35-21)24-12-17-20(27-29-30(17)3)16-9-10-19(13(2)25-16)34-15-8-6-7-14(11-15)22(31)32/h9-10,14-15,18H,5-8,11-12H2,1-4H3,(H,24,28)(H,31,32)/t14-,15-,18?/m0/s1. The number of pyridine rings is 1. The summed E-state index contributed by atoms with van der Waals surface area (Å²) < 4.78 is 18.4. The van der Waals surface area contributed by atoms with Crippen LogP contribution in [0.25, 0.3) is 11.4 Å². The van der Waals surface area contributed by atoms with Gasteiger partial charge in [0, 0.05) is 14.2 Å². The molecular formula is C23H31N7O5. The maximum atomic E-state index is 11.4. The summed E-state index contributed by atoms with van der Waals surface area (Å²) in [4.78, 5) is 20.4. The number of nitrogens with one attached hydrogen (secondary N) is 1. The molecule has 3 aromatic rings. The van der Waals surface area contributed by atoms with E-state index in [1.165, 1.54) is 0 Å². The molecule has 0 saturated heterocycles. The summed E-state index contributed by atoms with van der Waals surface area (Å²) in [5.74, 6) is 0.308. The maximum absolute atomic E-state index is 11.4. The zero-order valence-electron chi connectivity index (χ0n) is 20.4. The molecule has 3 aromatic heterocycles. The molecule has 1 fully saturated rings. The fourth-order valence-electron chi connectivity index (χ4n) is 4.28. The molecule has 188 valence electrons. The molecule has 0 aliphatic heterocycles. The van der Waals surface area contributed by atoms with Gasteiger partial charge in [0.15, 0.2) is 0 Å². The van der Waals surface area contributed by atoms with E-state index in [4.69, 9.17) is 19.0 Å². The van der Waals surface area contributed by atoms with Gasteiger partial charge in [0.25, 0.3) is 11.8 Å². The van der Waals surface area contributed by atoms with Gasteiger partial charge in [0.05, 0.1) is 35.6 Å². The molecule has 1 aliphatic carbocycles. The monoisotopic (exact) mass is 485 g/mol. The molecule has 0 spiro atoms. The average Bonchev–Trinajstić information content (AvgIpc) is 3.46. The molecule has 0 radical (unpaired) electrons. The number of aliphatic carboxylic acids is 1. The highest BCUT2D eigenvalue weighted by Crippen LogP contribution is 2.30. The number of aryl methyl sites for hydroxylation is 2. The first kappa shape index (κ1) is 24.6. The molecule has 3 heterocycles. The Kier molecular flexibility index (Phi) is 7.59. The van der Waals surface area contributed by atoms with Gasteiger partial charge >= 0.3 is 5.97 Å². The largest absolute Gasteiger partial charge is 0.489 e. The Morgan fingerprint density at radius 2 is 2.17 bits per heavy atom. The molecule has 0 aromatic carbocycles. The Bertz CT molecular complexity index is 1160. The molecule has 1 saturated carbocycles. The van der Waals surface area contributed by atoms with Gasteiger partial charge in [0.2, 0.25) is 0 Å². The lowest BCUT2D eigenvalue weighted by atomic mass is 9.87. The minimum atomic E-state index is -0.756. The number of methoxy groups -OCH3 is 1. The first-order chi connectivity index (χ1) is 16.9. The van der Waals surface area contributed by atoms with Crippen molar-refractivity contribution in [1.82, 2.24) is 30.1 Å². The quantitative estimate of drug-likeness (QED) is 0.435. The average molecular weight is 486 g/mol. The predicted octanol–water partition coefficient (Wildman–Crippen LogP) is 3.30. The second-order valence-electron chi connectivity index (χ2n) is 8.67. The molecule has 12 nitrogen and oxygen atoms in total. The van der Waals surface area contributed by atoms with Crippen molar-refractivity contribution in [3.8, 4) is 17.1 Å². The normalized spacial score (nSPS) is 18.9. The van der Waals surface area contributed by atoms with Crippen LogP contribution < -0.4 is 10.1 Å². The fourth-order valence-corrected chi connectivity index (χ4v) is 4.28. The van der Waals surface area contributed by atoms with Gasteiger partial charge in [0.1, 0.15) is 17.5 Å². The van der Waals surface area contributed by atoms with Gasteiger partial charge in [-0.3, -0.25) is 4.79 Å². The van der Waals surface area contributed by atoms with Gasteiger partial charge in [-0.25, -0.2) is 9.67 Å². The lowest BCUT2D eigenvalue weighted by Gasteiger charge is -2.27.